The van der Waals surface area contributed by atoms with Crippen molar-refractivity contribution in [1.82, 2.24) is 10.6 Å². The van der Waals surface area contributed by atoms with Gasteiger partial charge in [0.05, 0.1) is 13.7 Å². The summed E-state index contributed by atoms with van der Waals surface area (Å²) >= 11 is 0. The summed E-state index contributed by atoms with van der Waals surface area (Å²) in [6.45, 7) is 1.70. The number of benzene rings is 2. The second-order valence-electron chi connectivity index (χ2n) is 5.70. The first-order valence-electron chi connectivity index (χ1n) is 8.24. The number of para-hydroxylation sites is 1. The maximum atomic E-state index is 11.9. The lowest BCUT2D eigenvalue weighted by atomic mass is 10.1. The number of fused-ring (bicyclic) bond motifs is 1. The van der Waals surface area contributed by atoms with Crippen LogP contribution < -0.4 is 24.8 Å². The molecular formula is C19H22N2O4. The van der Waals surface area contributed by atoms with E-state index in [1.54, 1.807) is 7.11 Å². The summed E-state index contributed by atoms with van der Waals surface area (Å²) in [6.07, 6.45) is 0.734. The molecule has 2 aromatic carbocycles. The minimum absolute atomic E-state index is 0.0318. The molecule has 0 saturated carbocycles. The Kier molecular flexibility index (Phi) is 5.74. The fourth-order valence-corrected chi connectivity index (χ4v) is 2.68. The van der Waals surface area contributed by atoms with E-state index in [1.807, 2.05) is 42.5 Å². The highest BCUT2D eigenvalue weighted by molar-refractivity contribution is 5.78. The molecule has 0 atom stereocenters. The van der Waals surface area contributed by atoms with Crippen molar-refractivity contribution < 1.29 is 19.0 Å². The van der Waals surface area contributed by atoms with E-state index in [0.717, 1.165) is 34.8 Å². The molecule has 25 heavy (non-hydrogen) atoms. The third kappa shape index (κ3) is 4.64. The summed E-state index contributed by atoms with van der Waals surface area (Å²) in [6, 6.07) is 13.6. The third-order valence-electron chi connectivity index (χ3n) is 3.96. The fraction of sp³-hybridized carbons (Fsp3) is 0.316. The topological polar surface area (TPSA) is 68.8 Å². The van der Waals surface area contributed by atoms with Crippen LogP contribution in [0.15, 0.2) is 42.5 Å². The van der Waals surface area contributed by atoms with E-state index in [4.69, 9.17) is 14.2 Å². The number of hydrogen-bond donors (Lipinski definition) is 2. The SMILES string of the molecule is COc1ccccc1CCNC(=O)CNCc1ccc2c(c1)OCO2. The van der Waals surface area contributed by atoms with Gasteiger partial charge in [-0.25, -0.2) is 0 Å². The minimum Gasteiger partial charge on any atom is -0.496 e. The molecule has 1 aliphatic heterocycles. The number of ether oxygens (including phenoxy) is 3. The lowest BCUT2D eigenvalue weighted by Gasteiger charge is -2.10. The summed E-state index contributed by atoms with van der Waals surface area (Å²) in [5, 5.41) is 6.04. The molecule has 0 aliphatic carbocycles. The van der Waals surface area contributed by atoms with Crippen LogP contribution in [0.3, 0.4) is 0 Å². The van der Waals surface area contributed by atoms with Gasteiger partial charge in [0.2, 0.25) is 12.7 Å². The van der Waals surface area contributed by atoms with E-state index in [1.165, 1.54) is 0 Å². The van der Waals surface area contributed by atoms with Gasteiger partial charge in [0.1, 0.15) is 5.75 Å². The first kappa shape index (κ1) is 17.1. The maximum Gasteiger partial charge on any atom is 0.233 e. The Bertz CT molecular complexity index is 733. The molecule has 132 valence electrons. The van der Waals surface area contributed by atoms with Crippen LogP contribution in [0.4, 0.5) is 0 Å². The Morgan fingerprint density at radius 1 is 1.16 bits per heavy atom. The molecule has 0 saturated heterocycles. The van der Waals surface area contributed by atoms with Crippen molar-refractivity contribution in [2.45, 2.75) is 13.0 Å². The summed E-state index contributed by atoms with van der Waals surface area (Å²) in [5.74, 6) is 2.33. The first-order valence-corrected chi connectivity index (χ1v) is 8.24. The smallest absolute Gasteiger partial charge is 0.233 e. The Hall–Kier alpha value is -2.73. The minimum atomic E-state index is -0.0318. The van der Waals surface area contributed by atoms with Crippen LogP contribution in [0.2, 0.25) is 0 Å². The van der Waals surface area contributed by atoms with Gasteiger partial charge >= 0.3 is 0 Å². The molecule has 2 N–H and O–H groups in total. The zero-order valence-corrected chi connectivity index (χ0v) is 14.2. The Morgan fingerprint density at radius 3 is 2.88 bits per heavy atom. The van der Waals surface area contributed by atoms with Crippen molar-refractivity contribution in [2.24, 2.45) is 0 Å². The van der Waals surface area contributed by atoms with Crippen LogP contribution in [0.25, 0.3) is 0 Å². The van der Waals surface area contributed by atoms with Crippen molar-refractivity contribution in [3.8, 4) is 17.2 Å². The number of hydrogen-bond acceptors (Lipinski definition) is 5. The number of rotatable bonds is 8. The van der Waals surface area contributed by atoms with Crippen LogP contribution in [0.5, 0.6) is 17.2 Å². The molecule has 6 nitrogen and oxygen atoms in total. The van der Waals surface area contributed by atoms with Gasteiger partial charge in [-0.1, -0.05) is 24.3 Å². The molecule has 1 heterocycles. The monoisotopic (exact) mass is 342 g/mol. The average molecular weight is 342 g/mol. The van der Waals surface area contributed by atoms with E-state index < -0.39 is 0 Å². The molecule has 0 fully saturated rings. The molecular weight excluding hydrogens is 320 g/mol. The number of nitrogens with one attached hydrogen (secondary N) is 2. The Morgan fingerprint density at radius 2 is 2.00 bits per heavy atom. The lowest BCUT2D eigenvalue weighted by Crippen LogP contribution is -2.34. The standard InChI is InChI=1S/C19H22N2O4/c1-23-16-5-3-2-4-15(16)8-9-21-19(22)12-20-11-14-6-7-17-18(10-14)25-13-24-17/h2-7,10,20H,8-9,11-13H2,1H3,(H,21,22). The highest BCUT2D eigenvalue weighted by Crippen LogP contribution is 2.32. The molecule has 0 unspecified atom stereocenters. The van der Waals surface area contributed by atoms with E-state index in [2.05, 4.69) is 10.6 Å². The van der Waals surface area contributed by atoms with Crippen molar-refractivity contribution in [3.05, 3.63) is 53.6 Å². The molecule has 1 amide bonds. The van der Waals surface area contributed by atoms with Crippen LogP contribution >= 0.6 is 0 Å². The lowest BCUT2D eigenvalue weighted by molar-refractivity contribution is -0.120. The van der Waals surface area contributed by atoms with E-state index in [9.17, 15) is 4.79 Å². The summed E-state index contributed by atoms with van der Waals surface area (Å²) in [4.78, 5) is 11.9. The molecule has 1 aliphatic rings. The van der Waals surface area contributed by atoms with Gasteiger partial charge in [0, 0.05) is 13.1 Å². The van der Waals surface area contributed by atoms with Crippen molar-refractivity contribution in [3.63, 3.8) is 0 Å². The zero-order valence-electron chi connectivity index (χ0n) is 14.2. The van der Waals surface area contributed by atoms with Gasteiger partial charge in [0.15, 0.2) is 11.5 Å². The molecule has 6 heteroatoms. The highest BCUT2D eigenvalue weighted by Gasteiger charge is 2.13. The number of amides is 1. The normalized spacial score (nSPS) is 12.0. The summed E-state index contributed by atoms with van der Waals surface area (Å²) < 4.78 is 15.9. The predicted octanol–water partition coefficient (Wildman–Crippen LogP) is 1.87. The second kappa shape index (κ2) is 8.39. The van der Waals surface area contributed by atoms with Gasteiger partial charge in [-0.3, -0.25) is 4.79 Å². The van der Waals surface area contributed by atoms with Crippen LogP contribution in [-0.4, -0.2) is 32.9 Å². The Balaban J connectivity index is 1.37. The van der Waals surface area contributed by atoms with Crippen molar-refractivity contribution in [1.29, 1.82) is 0 Å². The second-order valence-corrected chi connectivity index (χ2v) is 5.70. The van der Waals surface area contributed by atoms with Crippen LogP contribution in [0.1, 0.15) is 11.1 Å². The Labute approximate surface area is 147 Å². The van der Waals surface area contributed by atoms with Crippen molar-refractivity contribution in [2.75, 3.05) is 27.0 Å². The first-order chi connectivity index (χ1) is 12.3. The molecule has 0 radical (unpaired) electrons. The van der Waals surface area contributed by atoms with Gasteiger partial charge < -0.3 is 24.8 Å². The van der Waals surface area contributed by atoms with E-state index >= 15 is 0 Å². The van der Waals surface area contributed by atoms with E-state index in [-0.39, 0.29) is 19.2 Å². The maximum absolute atomic E-state index is 11.9. The molecule has 2 aromatic rings. The highest BCUT2D eigenvalue weighted by atomic mass is 16.7. The molecule has 3 rings (SSSR count). The predicted molar refractivity (Wildman–Crippen MR) is 94.0 cm³/mol. The number of methoxy groups -OCH3 is 1. The quantitative estimate of drug-likeness (QED) is 0.767. The molecule has 0 aromatic heterocycles. The van der Waals surface area contributed by atoms with Crippen LogP contribution in [-0.2, 0) is 17.8 Å². The van der Waals surface area contributed by atoms with Gasteiger partial charge in [-0.05, 0) is 35.7 Å². The van der Waals surface area contributed by atoms with E-state index in [0.29, 0.717) is 13.1 Å². The molecule has 0 spiro atoms. The average Bonchev–Trinajstić information content (AvgIpc) is 3.10. The third-order valence-corrected chi connectivity index (χ3v) is 3.96. The number of carbonyl (C=O) groups is 1. The fourth-order valence-electron chi connectivity index (χ4n) is 2.68. The van der Waals surface area contributed by atoms with Gasteiger partial charge in [0.25, 0.3) is 0 Å². The molecule has 0 bridgehead atoms. The summed E-state index contributed by atoms with van der Waals surface area (Å²) in [5.41, 5.74) is 2.13. The van der Waals surface area contributed by atoms with Gasteiger partial charge in [-0.2, -0.15) is 0 Å². The van der Waals surface area contributed by atoms with Crippen LogP contribution in [0, 0.1) is 0 Å². The largest absolute Gasteiger partial charge is 0.496 e. The summed E-state index contributed by atoms with van der Waals surface area (Å²) in [7, 11) is 1.65. The van der Waals surface area contributed by atoms with Gasteiger partial charge in [-0.15, -0.1) is 0 Å². The zero-order chi connectivity index (χ0) is 17.5. The van der Waals surface area contributed by atoms with Crippen molar-refractivity contribution >= 4 is 5.91 Å². The number of carbonyl (C=O) groups excluding carboxylic acids is 1.